The Morgan fingerprint density at radius 1 is 1.33 bits per heavy atom. The van der Waals surface area contributed by atoms with Crippen LogP contribution in [0.4, 0.5) is 0 Å². The van der Waals surface area contributed by atoms with E-state index < -0.39 is 0 Å². The number of hydrogen-bond acceptors (Lipinski definition) is 1. The second kappa shape index (κ2) is 5.00. The lowest BCUT2D eigenvalue weighted by Crippen LogP contribution is -2.23. The van der Waals surface area contributed by atoms with Crippen LogP contribution in [-0.4, -0.2) is 12.6 Å². The molecular formula is C13H18ClN. The van der Waals surface area contributed by atoms with Crippen LogP contribution in [0.25, 0.3) is 0 Å². The molecule has 0 amide bonds. The molecule has 0 bridgehead atoms. The average molecular weight is 224 g/mol. The van der Waals surface area contributed by atoms with Gasteiger partial charge < -0.3 is 5.32 Å². The Labute approximate surface area is 96.8 Å². The van der Waals surface area contributed by atoms with Gasteiger partial charge in [-0.3, -0.25) is 0 Å². The summed E-state index contributed by atoms with van der Waals surface area (Å²) < 4.78 is 0. The Kier molecular flexibility index (Phi) is 3.66. The molecule has 1 aliphatic carbocycles. The Bertz CT molecular complexity index is 303. The Morgan fingerprint density at radius 3 is 2.53 bits per heavy atom. The third-order valence-electron chi connectivity index (χ3n) is 3.06. The summed E-state index contributed by atoms with van der Waals surface area (Å²) in [6.07, 6.45) is 3.90. The van der Waals surface area contributed by atoms with Gasteiger partial charge in [-0.15, -0.1) is 0 Å². The Balaban J connectivity index is 1.94. The maximum atomic E-state index is 5.88. The molecule has 2 rings (SSSR count). The number of benzene rings is 1. The van der Waals surface area contributed by atoms with Gasteiger partial charge in [-0.05, 0) is 42.9 Å². The summed E-state index contributed by atoms with van der Waals surface area (Å²) in [5, 5.41) is 4.41. The monoisotopic (exact) mass is 223 g/mol. The van der Waals surface area contributed by atoms with E-state index in [0.29, 0.717) is 5.92 Å². The molecule has 0 radical (unpaired) electrons. The molecule has 2 heteroatoms. The number of rotatable bonds is 5. The van der Waals surface area contributed by atoms with Crippen LogP contribution in [0, 0.1) is 0 Å². The third kappa shape index (κ3) is 3.22. The van der Waals surface area contributed by atoms with Crippen LogP contribution < -0.4 is 5.32 Å². The molecule has 1 N–H and O–H groups in total. The van der Waals surface area contributed by atoms with E-state index in [-0.39, 0.29) is 0 Å². The van der Waals surface area contributed by atoms with Crippen LogP contribution in [0.2, 0.25) is 5.02 Å². The van der Waals surface area contributed by atoms with Crippen LogP contribution in [0.3, 0.4) is 0 Å². The molecule has 1 aromatic carbocycles. The minimum Gasteiger partial charge on any atom is -0.313 e. The normalized spacial score (nSPS) is 17.7. The van der Waals surface area contributed by atoms with E-state index in [9.17, 15) is 0 Å². The molecular weight excluding hydrogens is 206 g/mol. The zero-order chi connectivity index (χ0) is 10.7. The fraction of sp³-hybridized carbons (Fsp3) is 0.538. The van der Waals surface area contributed by atoms with Gasteiger partial charge >= 0.3 is 0 Å². The lowest BCUT2D eigenvalue weighted by atomic mass is 9.96. The summed E-state index contributed by atoms with van der Waals surface area (Å²) >= 11 is 5.88. The lowest BCUT2D eigenvalue weighted by molar-refractivity contribution is 0.567. The fourth-order valence-electron chi connectivity index (χ4n) is 1.83. The molecule has 0 aliphatic heterocycles. The van der Waals surface area contributed by atoms with Crippen LogP contribution in [-0.2, 0) is 0 Å². The molecule has 1 fully saturated rings. The highest BCUT2D eigenvalue weighted by molar-refractivity contribution is 6.30. The first kappa shape index (κ1) is 11.0. The van der Waals surface area contributed by atoms with Crippen molar-refractivity contribution >= 4 is 11.6 Å². The summed E-state index contributed by atoms with van der Waals surface area (Å²) in [5.41, 5.74) is 1.40. The highest BCUT2D eigenvalue weighted by atomic mass is 35.5. The predicted octanol–water partition coefficient (Wildman–Crippen LogP) is 3.59. The van der Waals surface area contributed by atoms with Crippen molar-refractivity contribution in [1.29, 1.82) is 0 Å². The van der Waals surface area contributed by atoms with E-state index in [1.54, 1.807) is 0 Å². The van der Waals surface area contributed by atoms with Crippen LogP contribution in [0.5, 0.6) is 0 Å². The van der Waals surface area contributed by atoms with E-state index in [1.807, 2.05) is 12.1 Å². The molecule has 1 aromatic rings. The molecule has 0 saturated heterocycles. The van der Waals surface area contributed by atoms with Gasteiger partial charge in [0.2, 0.25) is 0 Å². The molecule has 1 atom stereocenters. The van der Waals surface area contributed by atoms with Crippen molar-refractivity contribution in [3.8, 4) is 0 Å². The highest BCUT2D eigenvalue weighted by Gasteiger charge is 2.21. The number of halogens is 1. The number of nitrogens with one attached hydrogen (secondary N) is 1. The maximum Gasteiger partial charge on any atom is 0.0406 e. The van der Waals surface area contributed by atoms with Crippen molar-refractivity contribution in [2.45, 2.75) is 38.1 Å². The van der Waals surface area contributed by atoms with Gasteiger partial charge in [-0.1, -0.05) is 30.7 Å². The molecule has 82 valence electrons. The lowest BCUT2D eigenvalue weighted by Gasteiger charge is -2.16. The minimum atomic E-state index is 0.628. The largest absolute Gasteiger partial charge is 0.313 e. The van der Waals surface area contributed by atoms with Crippen LogP contribution >= 0.6 is 11.6 Å². The van der Waals surface area contributed by atoms with E-state index in [0.717, 1.165) is 17.6 Å². The second-order valence-corrected chi connectivity index (χ2v) is 4.78. The SMILES string of the molecule is CCC(CNC1CC1)c1ccc(Cl)cc1. The average Bonchev–Trinajstić information content (AvgIpc) is 3.05. The zero-order valence-electron chi connectivity index (χ0n) is 9.17. The van der Waals surface area contributed by atoms with Crippen molar-refractivity contribution in [2.24, 2.45) is 0 Å². The van der Waals surface area contributed by atoms with Gasteiger partial charge in [0.1, 0.15) is 0 Å². The second-order valence-electron chi connectivity index (χ2n) is 4.34. The van der Waals surface area contributed by atoms with E-state index >= 15 is 0 Å². The first-order chi connectivity index (χ1) is 7.29. The van der Waals surface area contributed by atoms with Gasteiger partial charge in [0.05, 0.1) is 0 Å². The fourth-order valence-corrected chi connectivity index (χ4v) is 1.96. The Morgan fingerprint density at radius 2 is 2.00 bits per heavy atom. The number of hydrogen-bond donors (Lipinski definition) is 1. The smallest absolute Gasteiger partial charge is 0.0406 e. The molecule has 0 spiro atoms. The standard InChI is InChI=1S/C13H18ClN/c1-2-10(9-15-13-7-8-13)11-3-5-12(14)6-4-11/h3-6,10,13,15H,2,7-9H2,1H3. The first-order valence-corrected chi connectivity index (χ1v) is 6.16. The first-order valence-electron chi connectivity index (χ1n) is 5.78. The molecule has 1 nitrogen and oxygen atoms in total. The van der Waals surface area contributed by atoms with Crippen molar-refractivity contribution in [3.05, 3.63) is 34.9 Å². The van der Waals surface area contributed by atoms with E-state index in [4.69, 9.17) is 11.6 Å². The minimum absolute atomic E-state index is 0.628. The third-order valence-corrected chi connectivity index (χ3v) is 3.32. The molecule has 1 saturated carbocycles. The van der Waals surface area contributed by atoms with Gasteiger partial charge in [-0.25, -0.2) is 0 Å². The molecule has 1 aliphatic rings. The molecule has 0 aromatic heterocycles. The topological polar surface area (TPSA) is 12.0 Å². The van der Waals surface area contributed by atoms with E-state index in [1.165, 1.54) is 24.8 Å². The zero-order valence-corrected chi connectivity index (χ0v) is 9.93. The van der Waals surface area contributed by atoms with Gasteiger partial charge in [0, 0.05) is 17.6 Å². The van der Waals surface area contributed by atoms with Crippen molar-refractivity contribution < 1.29 is 0 Å². The van der Waals surface area contributed by atoms with Crippen molar-refractivity contribution in [2.75, 3.05) is 6.54 Å². The summed E-state index contributed by atoms with van der Waals surface area (Å²) in [6.45, 7) is 3.34. The predicted molar refractivity (Wildman–Crippen MR) is 65.5 cm³/mol. The summed E-state index contributed by atoms with van der Waals surface area (Å²) in [6, 6.07) is 9.05. The maximum absolute atomic E-state index is 5.88. The summed E-state index contributed by atoms with van der Waals surface area (Å²) in [5.74, 6) is 0.628. The van der Waals surface area contributed by atoms with Crippen LogP contribution in [0.1, 0.15) is 37.7 Å². The molecule has 0 heterocycles. The van der Waals surface area contributed by atoms with Gasteiger partial charge in [0.15, 0.2) is 0 Å². The summed E-state index contributed by atoms with van der Waals surface area (Å²) in [7, 11) is 0. The van der Waals surface area contributed by atoms with Crippen molar-refractivity contribution in [1.82, 2.24) is 5.32 Å². The highest BCUT2D eigenvalue weighted by Crippen LogP contribution is 2.24. The van der Waals surface area contributed by atoms with Crippen molar-refractivity contribution in [3.63, 3.8) is 0 Å². The van der Waals surface area contributed by atoms with E-state index in [2.05, 4.69) is 24.4 Å². The molecule has 1 unspecified atom stereocenters. The Hall–Kier alpha value is -0.530. The summed E-state index contributed by atoms with van der Waals surface area (Å²) in [4.78, 5) is 0. The quantitative estimate of drug-likeness (QED) is 0.805. The molecule has 15 heavy (non-hydrogen) atoms. The van der Waals surface area contributed by atoms with Crippen LogP contribution in [0.15, 0.2) is 24.3 Å². The van der Waals surface area contributed by atoms with Gasteiger partial charge in [-0.2, -0.15) is 0 Å². The van der Waals surface area contributed by atoms with Gasteiger partial charge in [0.25, 0.3) is 0 Å².